The minimum absolute atomic E-state index is 0.0571. The van der Waals surface area contributed by atoms with Crippen LogP contribution >= 0.6 is 0 Å². The molecule has 0 aliphatic heterocycles. The number of aryl methyl sites for hydroxylation is 1. The summed E-state index contributed by atoms with van der Waals surface area (Å²) in [6, 6.07) is 10.6. The van der Waals surface area contributed by atoms with Crippen molar-refractivity contribution in [2.24, 2.45) is 5.18 Å². The van der Waals surface area contributed by atoms with Gasteiger partial charge in [-0.15, -0.1) is 4.91 Å². The molecule has 2 aromatic heterocycles. The number of nitroso groups, excluding NO2 is 1. The van der Waals surface area contributed by atoms with Crippen molar-refractivity contribution in [2.45, 2.75) is 13.7 Å². The molecule has 190 valence electrons. The largest absolute Gasteiger partial charge is 0.493 e. The summed E-state index contributed by atoms with van der Waals surface area (Å²) in [5, 5.41) is 14.0. The molecule has 4 aromatic rings. The molecule has 1 N–H and O–H groups in total. The number of nitrogens with zero attached hydrogens (tertiary/aromatic N) is 2. The first kappa shape index (κ1) is 25.3. The van der Waals surface area contributed by atoms with E-state index in [4.69, 9.17) is 23.4 Å². The van der Waals surface area contributed by atoms with E-state index in [1.54, 1.807) is 6.07 Å². The zero-order valence-corrected chi connectivity index (χ0v) is 19.6. The maximum atomic E-state index is 13.5. The molecule has 2 aromatic carbocycles. The van der Waals surface area contributed by atoms with Crippen molar-refractivity contribution in [3.05, 3.63) is 69.2 Å². The summed E-state index contributed by atoms with van der Waals surface area (Å²) >= 11 is 0. The Labute approximate surface area is 204 Å². The van der Waals surface area contributed by atoms with E-state index in [2.05, 4.69) is 5.18 Å². The lowest BCUT2D eigenvalue weighted by Crippen LogP contribution is -2.13. The van der Waals surface area contributed by atoms with Gasteiger partial charge in [0, 0.05) is 22.9 Å². The Balaban J connectivity index is 1.10. The maximum Gasteiger partial charge on any atom is 0.336 e. The highest BCUT2D eigenvalue weighted by Gasteiger charge is 2.18. The van der Waals surface area contributed by atoms with Crippen molar-refractivity contribution >= 4 is 27.6 Å². The number of aromatic hydroxyl groups is 1. The van der Waals surface area contributed by atoms with E-state index >= 15 is 0 Å². The number of ether oxygens (including phenoxy) is 4. The van der Waals surface area contributed by atoms with Crippen LogP contribution in [0.1, 0.15) is 5.56 Å². The summed E-state index contributed by atoms with van der Waals surface area (Å²) in [5.41, 5.74) is 1.13. The molecular formula is C25H25FN2O8. The Morgan fingerprint density at radius 1 is 0.944 bits per heavy atom. The topological polar surface area (TPSA) is 122 Å². The quantitative estimate of drug-likeness (QED) is 0.163. The Morgan fingerprint density at radius 3 is 2.42 bits per heavy atom. The minimum Gasteiger partial charge on any atom is -0.493 e. The summed E-state index contributed by atoms with van der Waals surface area (Å²) < 4.78 is 42.0. The van der Waals surface area contributed by atoms with Crippen LogP contribution in [0, 0.1) is 17.6 Å². The molecule has 0 saturated heterocycles. The van der Waals surface area contributed by atoms with Gasteiger partial charge >= 0.3 is 5.63 Å². The van der Waals surface area contributed by atoms with Gasteiger partial charge < -0.3 is 28.5 Å². The molecular weight excluding hydrogens is 475 g/mol. The average Bonchev–Trinajstić information content (AvgIpc) is 3.11. The summed E-state index contributed by atoms with van der Waals surface area (Å²) in [7, 11) is 0. The van der Waals surface area contributed by atoms with Crippen molar-refractivity contribution in [2.75, 3.05) is 39.6 Å². The van der Waals surface area contributed by atoms with Gasteiger partial charge in [-0.25, -0.2) is 9.18 Å². The average molecular weight is 500 g/mol. The Morgan fingerprint density at radius 2 is 1.67 bits per heavy atom. The van der Waals surface area contributed by atoms with Crippen molar-refractivity contribution < 1.29 is 32.9 Å². The fourth-order valence-electron chi connectivity index (χ4n) is 3.73. The van der Waals surface area contributed by atoms with E-state index in [9.17, 15) is 19.2 Å². The molecule has 4 rings (SSSR count). The fourth-order valence-corrected chi connectivity index (χ4v) is 3.73. The standard InChI is InChI=1S/C25H25FN2O8/c1-16-12-23(29)36-22-14-18(3-4-19(16)22)35-11-10-33-7-6-32-8-9-34-15-28-21-5-2-17(26)13-20(21)24(27-31)25(28)30/h2-5,12-14,30H,6-11,15H2,1H3. The molecule has 2 heterocycles. The zero-order chi connectivity index (χ0) is 25.5. The van der Waals surface area contributed by atoms with E-state index in [0.717, 1.165) is 17.0 Å². The monoisotopic (exact) mass is 500 g/mol. The second-order valence-corrected chi connectivity index (χ2v) is 7.87. The predicted molar refractivity (Wildman–Crippen MR) is 129 cm³/mol. The third-order valence-electron chi connectivity index (χ3n) is 5.45. The van der Waals surface area contributed by atoms with Crippen LogP contribution in [0.25, 0.3) is 21.9 Å². The molecule has 0 amide bonds. The van der Waals surface area contributed by atoms with Crippen LogP contribution in [-0.4, -0.2) is 49.3 Å². The van der Waals surface area contributed by atoms with Crippen LogP contribution in [0.15, 0.2) is 56.9 Å². The van der Waals surface area contributed by atoms with E-state index < -0.39 is 11.4 Å². The molecule has 0 aliphatic carbocycles. The second kappa shape index (κ2) is 11.8. The van der Waals surface area contributed by atoms with Crippen LogP contribution in [0.5, 0.6) is 11.6 Å². The van der Waals surface area contributed by atoms with Crippen LogP contribution in [0.4, 0.5) is 10.1 Å². The normalized spacial score (nSPS) is 11.4. The van der Waals surface area contributed by atoms with Gasteiger partial charge in [0.05, 0.1) is 38.6 Å². The van der Waals surface area contributed by atoms with Crippen LogP contribution < -0.4 is 10.4 Å². The molecule has 0 aliphatic rings. The van der Waals surface area contributed by atoms with E-state index in [1.807, 2.05) is 19.1 Å². The SMILES string of the molecule is Cc1cc(=O)oc2cc(OCCOCCOCCOCn3c(O)c(N=O)c4cc(F)ccc43)ccc12. The summed E-state index contributed by atoms with van der Waals surface area (Å²) in [6.45, 7) is 3.68. The first-order chi connectivity index (χ1) is 17.5. The molecule has 0 saturated carbocycles. The van der Waals surface area contributed by atoms with E-state index in [1.165, 1.54) is 22.8 Å². The molecule has 0 bridgehead atoms. The van der Waals surface area contributed by atoms with Gasteiger partial charge in [0.15, 0.2) is 5.69 Å². The van der Waals surface area contributed by atoms with Crippen molar-refractivity contribution in [3.63, 3.8) is 0 Å². The number of halogens is 1. The molecule has 10 nitrogen and oxygen atoms in total. The molecule has 11 heteroatoms. The lowest BCUT2D eigenvalue weighted by Gasteiger charge is -2.10. The lowest BCUT2D eigenvalue weighted by molar-refractivity contribution is -0.00526. The van der Waals surface area contributed by atoms with Gasteiger partial charge in [-0.1, -0.05) is 0 Å². The highest BCUT2D eigenvalue weighted by atomic mass is 19.1. The molecule has 0 unspecified atom stereocenters. The number of hydrogen-bond acceptors (Lipinski definition) is 9. The van der Waals surface area contributed by atoms with Crippen molar-refractivity contribution in [1.29, 1.82) is 0 Å². The predicted octanol–water partition coefficient (Wildman–Crippen LogP) is 4.39. The first-order valence-corrected chi connectivity index (χ1v) is 11.2. The number of fused-ring (bicyclic) bond motifs is 2. The van der Waals surface area contributed by atoms with Gasteiger partial charge in [0.1, 0.15) is 30.5 Å². The van der Waals surface area contributed by atoms with Crippen molar-refractivity contribution in [3.8, 4) is 11.6 Å². The van der Waals surface area contributed by atoms with Gasteiger partial charge in [-0.05, 0) is 48.0 Å². The summed E-state index contributed by atoms with van der Waals surface area (Å²) in [4.78, 5) is 22.5. The van der Waals surface area contributed by atoms with Gasteiger partial charge in [0.2, 0.25) is 5.88 Å². The van der Waals surface area contributed by atoms with Gasteiger partial charge in [0.25, 0.3) is 0 Å². The highest BCUT2D eigenvalue weighted by Crippen LogP contribution is 2.38. The first-order valence-electron chi connectivity index (χ1n) is 11.2. The Bertz CT molecular complexity index is 1410. The minimum atomic E-state index is -0.536. The summed E-state index contributed by atoms with van der Waals surface area (Å²) in [5.74, 6) is -0.340. The van der Waals surface area contributed by atoms with Gasteiger partial charge in [-0.3, -0.25) is 4.57 Å². The van der Waals surface area contributed by atoms with Gasteiger partial charge in [-0.2, -0.15) is 0 Å². The number of rotatable bonds is 13. The zero-order valence-electron chi connectivity index (χ0n) is 19.6. The Kier molecular flexibility index (Phi) is 8.26. The molecule has 0 spiro atoms. The van der Waals surface area contributed by atoms with E-state index in [-0.39, 0.29) is 36.9 Å². The molecule has 0 fully saturated rings. The Hall–Kier alpha value is -3.80. The van der Waals surface area contributed by atoms with Crippen LogP contribution in [-0.2, 0) is 20.9 Å². The van der Waals surface area contributed by atoms with Crippen LogP contribution in [0.2, 0.25) is 0 Å². The molecule has 36 heavy (non-hydrogen) atoms. The number of benzene rings is 2. The molecule has 0 atom stereocenters. The number of hydrogen-bond donors (Lipinski definition) is 1. The molecule has 0 radical (unpaired) electrons. The van der Waals surface area contributed by atoms with Crippen LogP contribution in [0.3, 0.4) is 0 Å². The van der Waals surface area contributed by atoms with E-state index in [0.29, 0.717) is 43.3 Å². The third-order valence-corrected chi connectivity index (χ3v) is 5.45. The van der Waals surface area contributed by atoms with Crippen molar-refractivity contribution in [1.82, 2.24) is 4.57 Å². The fraction of sp³-hybridized carbons (Fsp3) is 0.320. The smallest absolute Gasteiger partial charge is 0.336 e. The maximum absolute atomic E-state index is 13.5. The lowest BCUT2D eigenvalue weighted by atomic mass is 10.1. The third kappa shape index (κ3) is 5.88. The highest BCUT2D eigenvalue weighted by molar-refractivity contribution is 5.95. The number of aromatic nitrogens is 1. The second-order valence-electron chi connectivity index (χ2n) is 7.87. The summed E-state index contributed by atoms with van der Waals surface area (Å²) in [6.07, 6.45) is 0.